The number of rotatable bonds is 6. The first-order valence-electron chi connectivity index (χ1n) is 6.73. The van der Waals surface area contributed by atoms with Gasteiger partial charge in [0.25, 0.3) is 0 Å². The van der Waals surface area contributed by atoms with Crippen LogP contribution in [0, 0.1) is 0 Å². The van der Waals surface area contributed by atoms with Gasteiger partial charge in [-0.25, -0.2) is 9.59 Å². The van der Waals surface area contributed by atoms with Crippen LogP contribution in [0.3, 0.4) is 0 Å². The summed E-state index contributed by atoms with van der Waals surface area (Å²) < 4.78 is 15.1. The van der Waals surface area contributed by atoms with E-state index in [0.717, 1.165) is 0 Å². The highest BCUT2D eigenvalue weighted by Gasteiger charge is 2.33. The van der Waals surface area contributed by atoms with E-state index in [2.05, 4.69) is 5.32 Å². The average Bonchev–Trinajstić information content (AvgIpc) is 2.54. The van der Waals surface area contributed by atoms with Crippen LogP contribution < -0.4 is 10.1 Å². The summed E-state index contributed by atoms with van der Waals surface area (Å²) in [6.45, 7) is 1.69. The topological polar surface area (TPSA) is 77.1 Å². The first-order chi connectivity index (χ1) is 10.5. The van der Waals surface area contributed by atoms with Crippen LogP contribution in [0.5, 0.6) is 5.75 Å². The van der Waals surface area contributed by atoms with Crippen molar-refractivity contribution in [3.8, 4) is 5.75 Å². The summed E-state index contributed by atoms with van der Waals surface area (Å²) in [5.74, 6) is -0.0225. The Labute approximate surface area is 130 Å². The van der Waals surface area contributed by atoms with Crippen LogP contribution in [0.2, 0.25) is 0 Å². The number of hydrogen-bond acceptors (Lipinski definition) is 5. The van der Waals surface area contributed by atoms with Crippen LogP contribution in [0.1, 0.15) is 6.92 Å². The predicted octanol–water partition coefficient (Wildman–Crippen LogP) is 1.74. The number of para-hydroxylation sites is 2. The molecular formula is C15H22N2O5. The molecule has 0 spiro atoms. The highest BCUT2D eigenvalue weighted by Crippen LogP contribution is 2.23. The number of carbonyl (C=O) groups is 2. The van der Waals surface area contributed by atoms with Crippen molar-refractivity contribution in [3.63, 3.8) is 0 Å². The lowest BCUT2D eigenvalue weighted by Crippen LogP contribution is -2.51. The summed E-state index contributed by atoms with van der Waals surface area (Å²) in [5.41, 5.74) is 0.510. The van der Waals surface area contributed by atoms with Gasteiger partial charge >= 0.3 is 12.0 Å². The Morgan fingerprint density at radius 2 is 1.82 bits per heavy atom. The largest absolute Gasteiger partial charge is 0.495 e. The lowest BCUT2D eigenvalue weighted by Gasteiger charge is -2.30. The quantitative estimate of drug-likeness (QED) is 0.810. The van der Waals surface area contributed by atoms with Crippen LogP contribution in [0.15, 0.2) is 24.3 Å². The minimum absolute atomic E-state index is 0.469. The number of esters is 1. The summed E-state index contributed by atoms with van der Waals surface area (Å²) in [5, 5.41) is 2.70. The van der Waals surface area contributed by atoms with Crippen molar-refractivity contribution in [3.05, 3.63) is 24.3 Å². The molecule has 0 heterocycles. The molecule has 1 aromatic rings. The molecule has 0 aliphatic carbocycles. The van der Waals surface area contributed by atoms with Gasteiger partial charge in [0.15, 0.2) is 6.04 Å². The Morgan fingerprint density at radius 1 is 1.18 bits per heavy atom. The molecule has 2 atom stereocenters. The van der Waals surface area contributed by atoms with Gasteiger partial charge in [0.1, 0.15) is 5.75 Å². The smallest absolute Gasteiger partial charge is 0.331 e. The van der Waals surface area contributed by atoms with Crippen molar-refractivity contribution in [1.82, 2.24) is 4.90 Å². The Balaban J connectivity index is 2.92. The molecule has 122 valence electrons. The SMILES string of the molecule is COC(=O)C([C@H](C)OC)N(C)C(=O)Nc1ccccc1OC. The molecule has 1 N–H and O–H groups in total. The Bertz CT molecular complexity index is 520. The highest BCUT2D eigenvalue weighted by molar-refractivity contribution is 5.93. The molecule has 0 aliphatic rings. The van der Waals surface area contributed by atoms with Crippen molar-refractivity contribution in [1.29, 1.82) is 0 Å². The molecule has 0 bridgehead atoms. The number of benzene rings is 1. The van der Waals surface area contributed by atoms with Gasteiger partial charge < -0.3 is 24.4 Å². The number of nitrogens with zero attached hydrogens (tertiary/aromatic N) is 1. The third kappa shape index (κ3) is 4.11. The molecule has 1 aromatic carbocycles. The molecule has 0 saturated carbocycles. The average molecular weight is 310 g/mol. The van der Waals surface area contributed by atoms with Gasteiger partial charge in [-0.05, 0) is 19.1 Å². The minimum atomic E-state index is -0.857. The minimum Gasteiger partial charge on any atom is -0.495 e. The third-order valence-electron chi connectivity index (χ3n) is 3.35. The molecule has 0 aliphatic heterocycles. The zero-order valence-corrected chi connectivity index (χ0v) is 13.5. The van der Waals surface area contributed by atoms with Gasteiger partial charge in [-0.15, -0.1) is 0 Å². The fourth-order valence-electron chi connectivity index (χ4n) is 1.99. The van der Waals surface area contributed by atoms with Crippen LogP contribution in [-0.2, 0) is 14.3 Å². The zero-order chi connectivity index (χ0) is 16.7. The van der Waals surface area contributed by atoms with Gasteiger partial charge in [0, 0.05) is 14.2 Å². The number of ether oxygens (including phenoxy) is 3. The Kier molecular flexibility index (Phi) is 6.65. The monoisotopic (exact) mass is 310 g/mol. The maximum absolute atomic E-state index is 12.4. The maximum Gasteiger partial charge on any atom is 0.331 e. The summed E-state index contributed by atoms with van der Waals surface area (Å²) in [6.07, 6.45) is -0.513. The number of amides is 2. The van der Waals surface area contributed by atoms with E-state index >= 15 is 0 Å². The first-order valence-corrected chi connectivity index (χ1v) is 6.73. The molecule has 7 heteroatoms. The normalized spacial score (nSPS) is 13.0. The highest BCUT2D eigenvalue weighted by atomic mass is 16.5. The van der Waals surface area contributed by atoms with Crippen molar-refractivity contribution in [2.45, 2.75) is 19.1 Å². The first kappa shape index (κ1) is 17.8. The third-order valence-corrected chi connectivity index (χ3v) is 3.35. The molecule has 1 unspecified atom stereocenters. The predicted molar refractivity (Wildman–Crippen MR) is 82.1 cm³/mol. The lowest BCUT2D eigenvalue weighted by molar-refractivity contribution is -0.149. The van der Waals surface area contributed by atoms with E-state index in [-0.39, 0.29) is 0 Å². The van der Waals surface area contributed by atoms with Crippen molar-refractivity contribution in [2.75, 3.05) is 33.7 Å². The van der Waals surface area contributed by atoms with Crippen LogP contribution >= 0.6 is 0 Å². The van der Waals surface area contributed by atoms with Crippen molar-refractivity contribution >= 4 is 17.7 Å². The van der Waals surface area contributed by atoms with E-state index in [1.165, 1.54) is 33.3 Å². The molecule has 0 fully saturated rings. The summed E-state index contributed by atoms with van der Waals surface area (Å²) in [7, 11) is 5.75. The number of carbonyl (C=O) groups excluding carboxylic acids is 2. The van der Waals surface area contributed by atoms with Gasteiger partial charge in [0.2, 0.25) is 0 Å². The van der Waals surface area contributed by atoms with E-state index in [9.17, 15) is 9.59 Å². The number of likely N-dealkylation sites (N-methyl/N-ethyl adjacent to an activating group) is 1. The molecule has 0 radical (unpaired) electrons. The number of methoxy groups -OCH3 is 3. The van der Waals surface area contributed by atoms with Gasteiger partial charge in [-0.1, -0.05) is 12.1 Å². The molecular weight excluding hydrogens is 288 g/mol. The van der Waals surface area contributed by atoms with Gasteiger partial charge in [-0.2, -0.15) is 0 Å². The van der Waals surface area contributed by atoms with E-state index in [0.29, 0.717) is 11.4 Å². The van der Waals surface area contributed by atoms with Crippen LogP contribution in [-0.4, -0.2) is 57.4 Å². The Morgan fingerprint density at radius 3 is 2.36 bits per heavy atom. The molecule has 0 aromatic heterocycles. The van der Waals surface area contributed by atoms with Crippen LogP contribution in [0.25, 0.3) is 0 Å². The number of hydrogen-bond donors (Lipinski definition) is 1. The van der Waals surface area contributed by atoms with Crippen molar-refractivity contribution < 1.29 is 23.8 Å². The van der Waals surface area contributed by atoms with Gasteiger partial charge in [-0.3, -0.25) is 0 Å². The molecule has 7 nitrogen and oxygen atoms in total. The van der Waals surface area contributed by atoms with Gasteiger partial charge in [0.05, 0.1) is 26.0 Å². The molecule has 2 amide bonds. The van der Waals surface area contributed by atoms with E-state index in [1.54, 1.807) is 31.2 Å². The van der Waals surface area contributed by atoms with E-state index in [4.69, 9.17) is 14.2 Å². The number of anilines is 1. The molecule has 22 heavy (non-hydrogen) atoms. The standard InChI is InChI=1S/C15H22N2O5/c1-10(20-3)13(14(18)22-5)17(2)15(19)16-11-8-6-7-9-12(11)21-4/h6-10,13H,1-5H3,(H,16,19)/t10-,13?/m0/s1. The fraction of sp³-hybridized carbons (Fsp3) is 0.467. The number of nitrogens with one attached hydrogen (secondary N) is 1. The second kappa shape index (κ2) is 8.23. The number of urea groups is 1. The summed E-state index contributed by atoms with van der Waals surface area (Å²) in [6, 6.07) is 5.67. The molecule has 0 saturated heterocycles. The second-order valence-corrected chi connectivity index (χ2v) is 4.65. The lowest BCUT2D eigenvalue weighted by atomic mass is 10.1. The Hall–Kier alpha value is -2.28. The molecule has 1 rings (SSSR count). The zero-order valence-electron chi connectivity index (χ0n) is 13.5. The van der Waals surface area contributed by atoms with Crippen LogP contribution in [0.4, 0.5) is 10.5 Å². The summed E-state index contributed by atoms with van der Waals surface area (Å²) >= 11 is 0. The van der Waals surface area contributed by atoms with E-state index < -0.39 is 24.1 Å². The van der Waals surface area contributed by atoms with E-state index in [1.807, 2.05) is 0 Å². The maximum atomic E-state index is 12.4. The second-order valence-electron chi connectivity index (χ2n) is 4.65. The van der Waals surface area contributed by atoms with Crippen molar-refractivity contribution in [2.24, 2.45) is 0 Å². The summed E-state index contributed by atoms with van der Waals surface area (Å²) in [4.78, 5) is 25.5. The fourth-order valence-corrected chi connectivity index (χ4v) is 1.99.